The van der Waals surface area contributed by atoms with Crippen LogP contribution in [0.3, 0.4) is 0 Å². The van der Waals surface area contributed by atoms with E-state index in [9.17, 15) is 4.79 Å². The maximum atomic E-state index is 13.1. The quantitative estimate of drug-likeness (QED) is 0.276. The van der Waals surface area contributed by atoms with E-state index in [-0.39, 0.29) is 18.0 Å². The molecule has 5 nitrogen and oxygen atoms in total. The van der Waals surface area contributed by atoms with Gasteiger partial charge in [-0.15, -0.1) is 11.8 Å². The third kappa shape index (κ3) is 8.82. The second-order valence-electron chi connectivity index (χ2n) is 10.8. The highest BCUT2D eigenvalue weighted by molar-refractivity contribution is 7.98. The van der Waals surface area contributed by atoms with Gasteiger partial charge in [0, 0.05) is 29.0 Å². The number of nitrogens with one attached hydrogen (secondary N) is 1. The van der Waals surface area contributed by atoms with Crippen molar-refractivity contribution in [2.45, 2.75) is 49.6 Å². The molecule has 2 fully saturated rings. The standard InChI is InChI=1S/C21H25ClN2OS.C12H18N2/c1-15-12-17(22)13-19(26-2)20(15)21(25)23-18(14-24-10-6-7-11-24)16-8-4-3-5-9-16;13-12(10-14-8-4-5-9-14)11-6-2-1-3-7-11/h3-5,8-9,12-13,18H,6-7,10-11,14H2,1-2H3,(H,23,25);1-3,6-7,12H,4-5,8-10,13H2/t18-;12-/m11/s1. The van der Waals surface area contributed by atoms with Crippen molar-refractivity contribution < 1.29 is 4.79 Å². The fourth-order valence-corrected chi connectivity index (χ4v) is 6.63. The summed E-state index contributed by atoms with van der Waals surface area (Å²) in [5, 5.41) is 3.94. The normalized spacial score (nSPS) is 17.2. The van der Waals surface area contributed by atoms with Crippen LogP contribution >= 0.6 is 23.4 Å². The zero-order valence-corrected chi connectivity index (χ0v) is 25.4. The Morgan fingerprint density at radius 3 is 1.95 bits per heavy atom. The van der Waals surface area contributed by atoms with Gasteiger partial charge in [-0.2, -0.15) is 0 Å². The Morgan fingerprint density at radius 2 is 1.40 bits per heavy atom. The van der Waals surface area contributed by atoms with Crippen LogP contribution in [-0.4, -0.2) is 61.2 Å². The van der Waals surface area contributed by atoms with E-state index < -0.39 is 0 Å². The monoisotopic (exact) mass is 578 g/mol. The van der Waals surface area contributed by atoms with Gasteiger partial charge in [0.15, 0.2) is 0 Å². The van der Waals surface area contributed by atoms with Crippen molar-refractivity contribution >= 4 is 29.3 Å². The largest absolute Gasteiger partial charge is 0.344 e. The molecule has 0 aliphatic carbocycles. The molecule has 2 heterocycles. The highest BCUT2D eigenvalue weighted by Crippen LogP contribution is 2.29. The Morgan fingerprint density at radius 1 is 0.875 bits per heavy atom. The number of likely N-dealkylation sites (tertiary alicyclic amines) is 2. The zero-order valence-electron chi connectivity index (χ0n) is 23.8. The molecule has 3 N–H and O–H groups in total. The van der Waals surface area contributed by atoms with Crippen molar-refractivity contribution in [3.8, 4) is 0 Å². The lowest BCUT2D eigenvalue weighted by molar-refractivity contribution is 0.0923. The number of halogens is 1. The van der Waals surface area contributed by atoms with Crippen molar-refractivity contribution in [2.75, 3.05) is 45.5 Å². The number of amides is 1. The number of thioether (sulfide) groups is 1. The number of carbonyl (C=O) groups excluding carboxylic acids is 1. The fraction of sp³-hybridized carbons (Fsp3) is 0.424. The molecule has 2 aliphatic heterocycles. The summed E-state index contributed by atoms with van der Waals surface area (Å²) in [4.78, 5) is 18.9. The van der Waals surface area contributed by atoms with Crippen LogP contribution in [0.1, 0.15) is 64.8 Å². The van der Waals surface area contributed by atoms with Gasteiger partial charge in [-0.25, -0.2) is 0 Å². The molecule has 3 aromatic carbocycles. The summed E-state index contributed by atoms with van der Waals surface area (Å²) in [5.41, 5.74) is 10.2. The molecule has 214 valence electrons. The van der Waals surface area contributed by atoms with Crippen LogP contribution in [0.25, 0.3) is 0 Å². The molecule has 0 radical (unpaired) electrons. The first-order valence-corrected chi connectivity index (χ1v) is 16.0. The Hall–Kier alpha value is -2.35. The maximum Gasteiger partial charge on any atom is 0.253 e. The van der Waals surface area contributed by atoms with Gasteiger partial charge in [0.2, 0.25) is 0 Å². The highest BCUT2D eigenvalue weighted by Gasteiger charge is 2.23. The van der Waals surface area contributed by atoms with Gasteiger partial charge >= 0.3 is 0 Å². The lowest BCUT2D eigenvalue weighted by Gasteiger charge is -2.25. The van der Waals surface area contributed by atoms with Crippen molar-refractivity contribution in [1.29, 1.82) is 0 Å². The average Bonchev–Trinajstić information content (AvgIpc) is 3.68. The van der Waals surface area contributed by atoms with Crippen LogP contribution in [0.2, 0.25) is 5.02 Å². The molecular formula is C33H43ClN4OS. The SMILES string of the molecule is CSc1cc(Cl)cc(C)c1C(=O)N[C@H](CN1CCCC1)c1ccccc1.N[C@H](CN1CCCC1)c1ccccc1. The molecule has 2 aliphatic rings. The first-order valence-electron chi connectivity index (χ1n) is 14.4. The number of aryl methyl sites for hydroxylation is 1. The molecule has 0 saturated carbocycles. The first-order chi connectivity index (χ1) is 19.4. The zero-order chi connectivity index (χ0) is 28.3. The van der Waals surface area contributed by atoms with Gasteiger partial charge in [-0.3, -0.25) is 4.79 Å². The summed E-state index contributed by atoms with van der Waals surface area (Å²) >= 11 is 7.72. The predicted octanol–water partition coefficient (Wildman–Crippen LogP) is 6.72. The van der Waals surface area contributed by atoms with E-state index in [0.29, 0.717) is 5.02 Å². The lowest BCUT2D eigenvalue weighted by Crippen LogP contribution is -2.37. The van der Waals surface area contributed by atoms with Crippen molar-refractivity contribution in [1.82, 2.24) is 15.1 Å². The Labute approximate surface area is 249 Å². The van der Waals surface area contributed by atoms with Crippen molar-refractivity contribution in [3.05, 3.63) is 100 Å². The molecule has 3 aromatic rings. The van der Waals surface area contributed by atoms with Crippen LogP contribution < -0.4 is 11.1 Å². The highest BCUT2D eigenvalue weighted by atomic mass is 35.5. The number of carbonyl (C=O) groups is 1. The molecule has 1 amide bonds. The van der Waals surface area contributed by atoms with Gasteiger partial charge in [0.05, 0.1) is 11.6 Å². The molecule has 2 atom stereocenters. The molecule has 0 aromatic heterocycles. The van der Waals surface area contributed by atoms with Crippen molar-refractivity contribution in [2.24, 2.45) is 5.73 Å². The minimum Gasteiger partial charge on any atom is -0.344 e. The van der Waals surface area contributed by atoms with E-state index >= 15 is 0 Å². The summed E-state index contributed by atoms with van der Waals surface area (Å²) in [7, 11) is 0. The van der Waals surface area contributed by atoms with Gasteiger partial charge in [-0.1, -0.05) is 72.3 Å². The van der Waals surface area contributed by atoms with Gasteiger partial charge < -0.3 is 20.9 Å². The number of rotatable bonds is 9. The number of benzene rings is 3. The Kier molecular flexibility index (Phi) is 11.9. The van der Waals surface area contributed by atoms with Crippen LogP contribution in [0.5, 0.6) is 0 Å². The average molecular weight is 579 g/mol. The number of nitrogens with zero attached hydrogens (tertiary/aromatic N) is 2. The van der Waals surface area contributed by atoms with E-state index in [1.807, 2.05) is 49.6 Å². The summed E-state index contributed by atoms with van der Waals surface area (Å²) in [6.07, 6.45) is 7.12. The molecule has 40 heavy (non-hydrogen) atoms. The van der Waals surface area contributed by atoms with Gasteiger partial charge in [0.1, 0.15) is 0 Å². The summed E-state index contributed by atoms with van der Waals surface area (Å²) in [6.45, 7) is 8.45. The summed E-state index contributed by atoms with van der Waals surface area (Å²) < 4.78 is 0. The van der Waals surface area contributed by atoms with Gasteiger partial charge in [-0.05, 0) is 93.9 Å². The van der Waals surface area contributed by atoms with Crippen LogP contribution in [-0.2, 0) is 0 Å². The minimum atomic E-state index is -0.0310. The van der Waals surface area contributed by atoms with Gasteiger partial charge in [0.25, 0.3) is 5.91 Å². The number of nitrogens with two attached hydrogens (primary N) is 1. The third-order valence-corrected chi connectivity index (χ3v) is 8.72. The van der Waals surface area contributed by atoms with E-state index in [0.717, 1.165) is 47.8 Å². The number of hydrogen-bond acceptors (Lipinski definition) is 5. The van der Waals surface area contributed by atoms with E-state index in [4.69, 9.17) is 17.3 Å². The molecule has 7 heteroatoms. The van der Waals surface area contributed by atoms with E-state index in [2.05, 4.69) is 51.5 Å². The first kappa shape index (κ1) is 30.6. The molecule has 5 rings (SSSR count). The third-order valence-electron chi connectivity index (χ3n) is 7.74. The maximum absolute atomic E-state index is 13.1. The Balaban J connectivity index is 0.000000222. The second-order valence-corrected chi connectivity index (χ2v) is 12.1. The Bertz CT molecular complexity index is 1200. The predicted molar refractivity (Wildman–Crippen MR) is 169 cm³/mol. The fourth-order valence-electron chi connectivity index (χ4n) is 5.59. The van der Waals surface area contributed by atoms with Crippen LogP contribution in [0.15, 0.2) is 77.7 Å². The molecule has 0 spiro atoms. The minimum absolute atomic E-state index is 0.0217. The van der Waals surface area contributed by atoms with Crippen LogP contribution in [0.4, 0.5) is 0 Å². The summed E-state index contributed by atoms with van der Waals surface area (Å²) in [5.74, 6) is -0.0310. The van der Waals surface area contributed by atoms with E-state index in [1.54, 1.807) is 11.8 Å². The topological polar surface area (TPSA) is 61.6 Å². The molecule has 2 saturated heterocycles. The molecular weight excluding hydrogens is 536 g/mol. The van der Waals surface area contributed by atoms with E-state index in [1.165, 1.54) is 44.3 Å². The summed E-state index contributed by atoms with van der Waals surface area (Å²) in [6, 6.07) is 24.5. The van der Waals surface area contributed by atoms with Crippen LogP contribution in [0, 0.1) is 6.92 Å². The smallest absolute Gasteiger partial charge is 0.253 e. The second kappa shape index (κ2) is 15.6. The van der Waals surface area contributed by atoms with Crippen molar-refractivity contribution in [3.63, 3.8) is 0 Å². The molecule has 0 unspecified atom stereocenters. The number of hydrogen-bond donors (Lipinski definition) is 2. The lowest BCUT2D eigenvalue weighted by atomic mass is 10.0. The molecule has 0 bridgehead atoms.